The number of aromatic nitrogens is 2. The molecule has 0 unspecified atom stereocenters. The Bertz CT molecular complexity index is 930. The van der Waals surface area contributed by atoms with Crippen LogP contribution in [0, 0.1) is 6.92 Å². The predicted octanol–water partition coefficient (Wildman–Crippen LogP) is 4.95. The van der Waals surface area contributed by atoms with Crippen molar-refractivity contribution in [2.45, 2.75) is 38.9 Å². The summed E-state index contributed by atoms with van der Waals surface area (Å²) < 4.78 is 2.32. The normalized spacial score (nSPS) is 19.6. The molecule has 5 heteroatoms. The zero-order chi connectivity index (χ0) is 19.0. The average molecular weight is 377 g/mol. The largest absolute Gasteiger partial charge is 0.351 e. The quantitative estimate of drug-likeness (QED) is 0.653. The van der Waals surface area contributed by atoms with E-state index in [0.717, 1.165) is 16.5 Å². The summed E-state index contributed by atoms with van der Waals surface area (Å²) in [5, 5.41) is 4.25. The molecule has 0 radical (unpaired) electrons. The van der Waals surface area contributed by atoms with Crippen LogP contribution in [-0.4, -0.2) is 14.7 Å². The van der Waals surface area contributed by atoms with E-state index in [4.69, 9.17) is 12.2 Å². The number of anilines is 1. The number of aryl methyl sites for hydroxylation is 1. The maximum absolute atomic E-state index is 5.77. The highest BCUT2D eigenvalue weighted by Crippen LogP contribution is 2.42. The van der Waals surface area contributed by atoms with Crippen LogP contribution in [0.2, 0.25) is 0 Å². The molecule has 1 N–H and O–H groups in total. The molecule has 3 aromatic rings. The van der Waals surface area contributed by atoms with Gasteiger partial charge >= 0.3 is 0 Å². The van der Waals surface area contributed by atoms with Crippen LogP contribution >= 0.6 is 12.2 Å². The molecule has 2 aromatic heterocycles. The van der Waals surface area contributed by atoms with Crippen molar-refractivity contribution < 1.29 is 0 Å². The maximum atomic E-state index is 5.77. The van der Waals surface area contributed by atoms with Crippen molar-refractivity contribution in [1.29, 1.82) is 0 Å². The lowest BCUT2D eigenvalue weighted by Gasteiger charge is -2.30. The van der Waals surface area contributed by atoms with Crippen molar-refractivity contribution in [2.24, 2.45) is 0 Å². The van der Waals surface area contributed by atoms with Crippen LogP contribution in [0.4, 0.5) is 5.69 Å². The summed E-state index contributed by atoms with van der Waals surface area (Å²) in [6.45, 7) is 6.51. The fraction of sp³-hybridized carbons (Fsp3) is 0.273. The van der Waals surface area contributed by atoms with E-state index in [9.17, 15) is 0 Å². The molecular weight excluding hydrogens is 352 g/mol. The molecule has 0 saturated carbocycles. The van der Waals surface area contributed by atoms with Gasteiger partial charge in [0.05, 0.1) is 11.7 Å². The first kappa shape index (κ1) is 17.7. The van der Waals surface area contributed by atoms with Crippen LogP contribution in [-0.2, 0) is 0 Å². The molecule has 0 aliphatic carbocycles. The van der Waals surface area contributed by atoms with Crippen molar-refractivity contribution in [3.8, 4) is 0 Å². The molecule has 3 heterocycles. The first-order chi connectivity index (χ1) is 13.1. The summed E-state index contributed by atoms with van der Waals surface area (Å²) >= 11 is 5.77. The molecule has 1 aromatic carbocycles. The average Bonchev–Trinajstić information content (AvgIpc) is 3.27. The lowest BCUT2D eigenvalue weighted by Crippen LogP contribution is -2.30. The van der Waals surface area contributed by atoms with Crippen molar-refractivity contribution in [1.82, 2.24) is 14.9 Å². The number of nitrogens with one attached hydrogen (secondary N) is 1. The van der Waals surface area contributed by atoms with Crippen LogP contribution in [0.25, 0.3) is 0 Å². The molecule has 0 bridgehead atoms. The van der Waals surface area contributed by atoms with Gasteiger partial charge in [0.1, 0.15) is 6.04 Å². The third kappa shape index (κ3) is 3.23. The monoisotopic (exact) mass is 376 g/mol. The Labute approximate surface area is 165 Å². The highest BCUT2D eigenvalue weighted by molar-refractivity contribution is 7.80. The second-order valence-electron chi connectivity index (χ2n) is 7.27. The van der Waals surface area contributed by atoms with E-state index in [1.807, 2.05) is 18.3 Å². The lowest BCUT2D eigenvalue weighted by molar-refractivity contribution is 0.497. The maximum Gasteiger partial charge on any atom is 0.174 e. The predicted molar refractivity (Wildman–Crippen MR) is 114 cm³/mol. The molecule has 4 nitrogen and oxygen atoms in total. The van der Waals surface area contributed by atoms with Crippen molar-refractivity contribution in [3.63, 3.8) is 0 Å². The summed E-state index contributed by atoms with van der Waals surface area (Å²) in [5.41, 5.74) is 4.56. The Morgan fingerprint density at radius 3 is 2.48 bits per heavy atom. The van der Waals surface area contributed by atoms with Gasteiger partial charge in [-0.3, -0.25) is 4.98 Å². The standard InChI is InChI=1S/C22H24N4S/c1-15(2)25-14-6-8-19(25)21-20(18-7-4-5-13-23-18)24-22(27)26(21)17-11-9-16(3)10-12-17/h4-15,20-21H,1-3H3,(H,24,27)/t20-,21+/m1/s1. The minimum atomic E-state index is -0.00703. The molecule has 1 aliphatic heterocycles. The van der Waals surface area contributed by atoms with E-state index in [1.54, 1.807) is 0 Å². The molecule has 1 fully saturated rings. The minimum Gasteiger partial charge on any atom is -0.351 e. The Kier molecular flexibility index (Phi) is 4.70. The Balaban J connectivity index is 1.85. The van der Waals surface area contributed by atoms with Gasteiger partial charge in [-0.2, -0.15) is 0 Å². The zero-order valence-electron chi connectivity index (χ0n) is 15.8. The van der Waals surface area contributed by atoms with E-state index in [0.29, 0.717) is 6.04 Å². The summed E-state index contributed by atoms with van der Waals surface area (Å²) in [4.78, 5) is 6.84. The van der Waals surface area contributed by atoms with E-state index in [1.165, 1.54) is 11.3 Å². The number of hydrogen-bond acceptors (Lipinski definition) is 2. The lowest BCUT2D eigenvalue weighted by atomic mass is 10.0. The van der Waals surface area contributed by atoms with Crippen LogP contribution in [0.5, 0.6) is 0 Å². The topological polar surface area (TPSA) is 33.1 Å². The van der Waals surface area contributed by atoms with Crippen molar-refractivity contribution in [2.75, 3.05) is 4.90 Å². The van der Waals surface area contributed by atoms with Gasteiger partial charge in [-0.1, -0.05) is 23.8 Å². The molecule has 1 aliphatic rings. The Morgan fingerprint density at radius 2 is 1.81 bits per heavy atom. The highest BCUT2D eigenvalue weighted by atomic mass is 32.1. The highest BCUT2D eigenvalue weighted by Gasteiger charge is 2.42. The second-order valence-corrected chi connectivity index (χ2v) is 7.65. The molecule has 0 amide bonds. The van der Waals surface area contributed by atoms with Crippen LogP contribution in [0.3, 0.4) is 0 Å². The third-order valence-corrected chi connectivity index (χ3v) is 5.40. The molecule has 27 heavy (non-hydrogen) atoms. The fourth-order valence-corrected chi connectivity index (χ4v) is 4.11. The van der Waals surface area contributed by atoms with E-state index < -0.39 is 0 Å². The van der Waals surface area contributed by atoms with Gasteiger partial charge < -0.3 is 14.8 Å². The summed E-state index contributed by atoms with van der Waals surface area (Å²) in [6, 6.07) is 19.3. The Morgan fingerprint density at radius 1 is 1.04 bits per heavy atom. The number of rotatable bonds is 4. The van der Waals surface area contributed by atoms with Gasteiger partial charge in [-0.05, 0) is 69.4 Å². The zero-order valence-corrected chi connectivity index (χ0v) is 16.6. The molecule has 4 rings (SSSR count). The fourth-order valence-electron chi connectivity index (χ4n) is 3.77. The number of pyridine rings is 1. The van der Waals surface area contributed by atoms with Gasteiger partial charge in [0.2, 0.25) is 0 Å². The minimum absolute atomic E-state index is 0.00703. The molecule has 0 spiro atoms. The molecule has 1 saturated heterocycles. The first-order valence-corrected chi connectivity index (χ1v) is 9.71. The van der Waals surface area contributed by atoms with E-state index in [2.05, 4.69) is 89.2 Å². The van der Waals surface area contributed by atoms with Gasteiger partial charge in [0.25, 0.3) is 0 Å². The van der Waals surface area contributed by atoms with Crippen LogP contribution < -0.4 is 10.2 Å². The van der Waals surface area contributed by atoms with Gasteiger partial charge in [-0.15, -0.1) is 0 Å². The SMILES string of the molecule is Cc1ccc(N2C(=S)N[C@H](c3ccccn3)[C@@H]2c2cccn2C(C)C)cc1. The Hall–Kier alpha value is -2.66. The number of benzene rings is 1. The van der Waals surface area contributed by atoms with Gasteiger partial charge in [-0.25, -0.2) is 0 Å². The van der Waals surface area contributed by atoms with Crippen molar-refractivity contribution in [3.05, 3.63) is 83.9 Å². The van der Waals surface area contributed by atoms with Crippen molar-refractivity contribution >= 4 is 23.0 Å². The molecule has 2 atom stereocenters. The number of hydrogen-bond donors (Lipinski definition) is 1. The summed E-state index contributed by atoms with van der Waals surface area (Å²) in [7, 11) is 0. The number of nitrogens with zero attached hydrogens (tertiary/aromatic N) is 3. The van der Waals surface area contributed by atoms with Crippen LogP contribution in [0.1, 0.15) is 48.9 Å². The summed E-state index contributed by atoms with van der Waals surface area (Å²) in [5.74, 6) is 0. The number of thiocarbonyl (C=S) groups is 1. The van der Waals surface area contributed by atoms with Gasteiger partial charge in [0.15, 0.2) is 5.11 Å². The van der Waals surface area contributed by atoms with E-state index >= 15 is 0 Å². The third-order valence-electron chi connectivity index (χ3n) is 5.08. The van der Waals surface area contributed by atoms with E-state index in [-0.39, 0.29) is 12.1 Å². The molecular formula is C22H24N4S. The van der Waals surface area contributed by atoms with Gasteiger partial charge in [0, 0.05) is 29.8 Å². The first-order valence-electron chi connectivity index (χ1n) is 9.30. The van der Waals surface area contributed by atoms with Crippen LogP contribution in [0.15, 0.2) is 67.0 Å². The molecule has 138 valence electrons. The summed E-state index contributed by atoms with van der Waals surface area (Å²) in [6.07, 6.45) is 3.98. The second kappa shape index (κ2) is 7.16. The smallest absolute Gasteiger partial charge is 0.174 e.